The normalized spacial score (nSPS) is 14.2. The monoisotopic (exact) mass is 425 g/mol. The molecule has 1 aliphatic heterocycles. The first-order valence-corrected chi connectivity index (χ1v) is 9.44. The van der Waals surface area contributed by atoms with E-state index in [0.717, 1.165) is 31.5 Å². The van der Waals surface area contributed by atoms with Gasteiger partial charge in [-0.25, -0.2) is 0 Å². The van der Waals surface area contributed by atoms with Crippen molar-refractivity contribution >= 4 is 27.6 Å². The second-order valence-electron chi connectivity index (χ2n) is 6.40. The highest BCUT2D eigenvalue weighted by molar-refractivity contribution is 9.10. The summed E-state index contributed by atoms with van der Waals surface area (Å²) in [7, 11) is 0. The molecule has 2 aromatic rings. The second kappa shape index (κ2) is 8.23. The summed E-state index contributed by atoms with van der Waals surface area (Å²) < 4.78 is 0.594. The van der Waals surface area contributed by atoms with Gasteiger partial charge in [0, 0.05) is 24.2 Å². The lowest BCUT2D eigenvalue weighted by atomic mass is 10.0. The quantitative estimate of drug-likeness (QED) is 0.515. The summed E-state index contributed by atoms with van der Waals surface area (Å²) >= 11 is 3.29. The molecule has 7 heteroatoms. The van der Waals surface area contributed by atoms with E-state index in [1.807, 2.05) is 4.90 Å². The van der Waals surface area contributed by atoms with Gasteiger partial charge in [-0.15, -0.1) is 0 Å². The molecular weight excluding hydrogens is 406 g/mol. The molecule has 1 aliphatic rings. The summed E-state index contributed by atoms with van der Waals surface area (Å²) in [5, 5.41) is 27.4. The maximum atomic E-state index is 9.59. The van der Waals surface area contributed by atoms with Crippen LogP contribution in [0.1, 0.15) is 35.1 Å². The zero-order chi connectivity index (χ0) is 19.4. The number of hydrogen-bond acceptors (Lipinski definition) is 4. The van der Waals surface area contributed by atoms with E-state index in [4.69, 9.17) is 11.1 Å². The third-order valence-electron chi connectivity index (χ3n) is 4.55. The maximum absolute atomic E-state index is 9.59. The lowest BCUT2D eigenvalue weighted by molar-refractivity contribution is 0.471. The first kappa shape index (κ1) is 18.9. The number of phenols is 1. The number of nitriles is 1. The summed E-state index contributed by atoms with van der Waals surface area (Å²) in [5.74, 6) is 0.867. The van der Waals surface area contributed by atoms with Gasteiger partial charge in [-0.05, 0) is 64.7 Å². The van der Waals surface area contributed by atoms with Gasteiger partial charge >= 0.3 is 0 Å². The standard InChI is InChI=1S/C20H20BrN5O/c21-17-10-14(4-6-18(17)27)12-25-19(23)16-9-13(11-22)3-5-15(16)20(24)26-7-1-2-8-26/h3-6,9-10,24,27H,1-2,7-8,12H2,(H2,23,25). The average Bonchev–Trinajstić information content (AvgIpc) is 3.22. The molecule has 138 valence electrons. The Kier molecular flexibility index (Phi) is 5.77. The van der Waals surface area contributed by atoms with Crippen molar-refractivity contribution < 1.29 is 5.11 Å². The molecule has 0 bridgehead atoms. The van der Waals surface area contributed by atoms with Crippen molar-refractivity contribution in [1.29, 1.82) is 10.7 Å². The van der Waals surface area contributed by atoms with E-state index in [1.54, 1.807) is 36.4 Å². The van der Waals surface area contributed by atoms with Crippen LogP contribution >= 0.6 is 15.9 Å². The Morgan fingerprint density at radius 3 is 2.63 bits per heavy atom. The summed E-state index contributed by atoms with van der Waals surface area (Å²) in [6.45, 7) is 2.05. The minimum Gasteiger partial charge on any atom is -0.507 e. The molecule has 6 nitrogen and oxygen atoms in total. The summed E-state index contributed by atoms with van der Waals surface area (Å²) in [6.07, 6.45) is 2.15. The van der Waals surface area contributed by atoms with Gasteiger partial charge in [0.1, 0.15) is 17.4 Å². The van der Waals surface area contributed by atoms with Crippen molar-refractivity contribution in [2.75, 3.05) is 13.1 Å². The number of rotatable bonds is 4. The van der Waals surface area contributed by atoms with Gasteiger partial charge in [0.25, 0.3) is 0 Å². The highest BCUT2D eigenvalue weighted by Crippen LogP contribution is 2.25. The molecule has 0 aromatic heterocycles. The fourth-order valence-corrected chi connectivity index (χ4v) is 3.48. The molecule has 2 aromatic carbocycles. The van der Waals surface area contributed by atoms with E-state index >= 15 is 0 Å². The topological polar surface area (TPSA) is 109 Å². The number of aromatic hydroxyl groups is 1. The van der Waals surface area contributed by atoms with Crippen LogP contribution in [0.2, 0.25) is 0 Å². The highest BCUT2D eigenvalue weighted by atomic mass is 79.9. The van der Waals surface area contributed by atoms with Crippen LogP contribution in [0, 0.1) is 16.7 Å². The molecule has 0 saturated carbocycles. The predicted molar refractivity (Wildman–Crippen MR) is 109 cm³/mol. The summed E-state index contributed by atoms with van der Waals surface area (Å²) in [5.41, 5.74) is 8.89. The number of nitrogens with zero attached hydrogens (tertiary/aromatic N) is 3. The van der Waals surface area contributed by atoms with E-state index in [2.05, 4.69) is 27.0 Å². The molecule has 27 heavy (non-hydrogen) atoms. The van der Waals surface area contributed by atoms with Crippen molar-refractivity contribution in [2.45, 2.75) is 19.4 Å². The minimum atomic E-state index is 0.166. The van der Waals surface area contributed by atoms with Gasteiger partial charge in [-0.2, -0.15) is 5.26 Å². The Morgan fingerprint density at radius 2 is 1.96 bits per heavy atom. The molecule has 0 amide bonds. The third kappa shape index (κ3) is 4.29. The predicted octanol–water partition coefficient (Wildman–Crippen LogP) is 3.35. The van der Waals surface area contributed by atoms with Gasteiger partial charge in [-0.3, -0.25) is 10.4 Å². The SMILES string of the molecule is N#Cc1ccc(C(=N)N2CCCC2)c(C(N)=NCc2ccc(O)c(Br)c2)c1. The van der Waals surface area contributed by atoms with Crippen LogP contribution in [-0.4, -0.2) is 34.8 Å². The fourth-order valence-electron chi connectivity index (χ4n) is 3.05. The summed E-state index contributed by atoms with van der Waals surface area (Å²) in [4.78, 5) is 6.47. The van der Waals surface area contributed by atoms with Crippen LogP contribution in [0.15, 0.2) is 45.9 Å². The number of aliphatic imine (C=N–C) groups is 1. The third-order valence-corrected chi connectivity index (χ3v) is 5.18. The van der Waals surface area contributed by atoms with E-state index < -0.39 is 0 Å². The van der Waals surface area contributed by atoms with Crippen molar-refractivity contribution in [3.8, 4) is 11.8 Å². The molecule has 4 N–H and O–H groups in total. The van der Waals surface area contributed by atoms with Gasteiger partial charge < -0.3 is 15.7 Å². The van der Waals surface area contributed by atoms with Gasteiger partial charge in [0.15, 0.2) is 0 Å². The molecule has 1 saturated heterocycles. The average molecular weight is 426 g/mol. The number of nitrogens with two attached hydrogens (primary N) is 1. The summed E-state index contributed by atoms with van der Waals surface area (Å²) in [6, 6.07) is 12.4. The minimum absolute atomic E-state index is 0.166. The zero-order valence-corrected chi connectivity index (χ0v) is 16.3. The van der Waals surface area contributed by atoms with Crippen LogP contribution in [0.25, 0.3) is 0 Å². The zero-order valence-electron chi connectivity index (χ0n) is 14.7. The van der Waals surface area contributed by atoms with E-state index in [-0.39, 0.29) is 11.6 Å². The van der Waals surface area contributed by atoms with Crippen LogP contribution in [-0.2, 0) is 6.54 Å². The Labute approximate surface area is 166 Å². The van der Waals surface area contributed by atoms with E-state index in [1.165, 1.54) is 0 Å². The Bertz CT molecular complexity index is 942. The fraction of sp³-hybridized carbons (Fsp3) is 0.250. The molecule has 1 fully saturated rings. The van der Waals surface area contributed by atoms with Crippen LogP contribution in [0.3, 0.4) is 0 Å². The van der Waals surface area contributed by atoms with Crippen molar-refractivity contribution in [3.05, 3.63) is 63.1 Å². The number of amidine groups is 2. The lowest BCUT2D eigenvalue weighted by Crippen LogP contribution is -2.30. The molecule has 0 radical (unpaired) electrons. The van der Waals surface area contributed by atoms with Crippen molar-refractivity contribution in [2.24, 2.45) is 10.7 Å². The molecule has 0 aliphatic carbocycles. The van der Waals surface area contributed by atoms with Crippen molar-refractivity contribution in [3.63, 3.8) is 0 Å². The molecule has 0 atom stereocenters. The largest absolute Gasteiger partial charge is 0.507 e. The molecule has 1 heterocycles. The Balaban J connectivity index is 1.91. The number of halogens is 1. The van der Waals surface area contributed by atoms with Crippen LogP contribution < -0.4 is 5.73 Å². The second-order valence-corrected chi connectivity index (χ2v) is 7.26. The Morgan fingerprint density at radius 1 is 1.22 bits per heavy atom. The van der Waals surface area contributed by atoms with E-state index in [9.17, 15) is 10.4 Å². The number of hydrogen-bond donors (Lipinski definition) is 3. The van der Waals surface area contributed by atoms with Crippen molar-refractivity contribution in [1.82, 2.24) is 4.90 Å². The smallest absolute Gasteiger partial charge is 0.129 e. The first-order valence-electron chi connectivity index (χ1n) is 8.65. The molecule has 3 rings (SSSR count). The molecule has 0 spiro atoms. The number of benzene rings is 2. The highest BCUT2D eigenvalue weighted by Gasteiger charge is 2.20. The van der Waals surface area contributed by atoms with Crippen LogP contribution in [0.4, 0.5) is 0 Å². The lowest BCUT2D eigenvalue weighted by Gasteiger charge is -2.20. The van der Waals surface area contributed by atoms with Gasteiger partial charge in [0.05, 0.1) is 22.7 Å². The van der Waals surface area contributed by atoms with Gasteiger partial charge in [0.2, 0.25) is 0 Å². The number of phenolic OH excluding ortho intramolecular Hbond substituents is 1. The molecule has 0 unspecified atom stereocenters. The maximum Gasteiger partial charge on any atom is 0.129 e. The number of likely N-dealkylation sites (tertiary alicyclic amines) is 1. The van der Waals surface area contributed by atoms with Gasteiger partial charge in [-0.1, -0.05) is 6.07 Å². The molecular formula is C20H20BrN5O. The number of nitrogens with one attached hydrogen (secondary N) is 1. The van der Waals surface area contributed by atoms with Crippen LogP contribution in [0.5, 0.6) is 5.75 Å². The Hall–Kier alpha value is -2.85. The first-order chi connectivity index (χ1) is 13.0. The van der Waals surface area contributed by atoms with E-state index in [0.29, 0.717) is 33.5 Å².